The molecular formula is C15H21N5O. The number of rotatable bonds is 5. The molecule has 3 heterocycles. The number of nitrogens with zero attached hydrogens (tertiary/aromatic N) is 4. The van der Waals surface area contributed by atoms with E-state index in [0.29, 0.717) is 0 Å². The van der Waals surface area contributed by atoms with Gasteiger partial charge in [-0.3, -0.25) is 15.0 Å². The molecule has 21 heavy (non-hydrogen) atoms. The molecule has 2 aromatic rings. The van der Waals surface area contributed by atoms with Crippen molar-refractivity contribution in [3.63, 3.8) is 0 Å². The van der Waals surface area contributed by atoms with Crippen LogP contribution in [0.3, 0.4) is 0 Å². The van der Waals surface area contributed by atoms with Crippen LogP contribution < -0.4 is 0 Å². The number of ether oxygens (including phenoxy) is 1. The zero-order chi connectivity index (χ0) is 14.5. The van der Waals surface area contributed by atoms with E-state index in [0.717, 1.165) is 50.7 Å². The zero-order valence-electron chi connectivity index (χ0n) is 12.3. The molecule has 1 aliphatic rings. The van der Waals surface area contributed by atoms with Crippen LogP contribution in [0.25, 0.3) is 0 Å². The Bertz CT molecular complexity index is 556. The number of aromatic nitrogens is 4. The average molecular weight is 287 g/mol. The molecule has 1 fully saturated rings. The summed E-state index contributed by atoms with van der Waals surface area (Å²) >= 11 is 0. The maximum atomic E-state index is 5.81. The second-order valence-corrected chi connectivity index (χ2v) is 5.26. The fourth-order valence-electron chi connectivity index (χ4n) is 2.51. The number of aryl methyl sites for hydroxylation is 1. The summed E-state index contributed by atoms with van der Waals surface area (Å²) in [6.07, 6.45) is 5.57. The lowest BCUT2D eigenvalue weighted by Crippen LogP contribution is -2.39. The lowest BCUT2D eigenvalue weighted by atomic mass is 10.1. The van der Waals surface area contributed by atoms with Crippen LogP contribution in [0.5, 0.6) is 0 Å². The highest BCUT2D eigenvalue weighted by atomic mass is 16.5. The number of aromatic amines is 1. The summed E-state index contributed by atoms with van der Waals surface area (Å²) < 4.78 is 5.81. The Labute approximate surface area is 124 Å². The minimum Gasteiger partial charge on any atom is -0.367 e. The molecule has 0 saturated carbocycles. The molecule has 1 unspecified atom stereocenters. The highest BCUT2D eigenvalue weighted by molar-refractivity contribution is 5.10. The summed E-state index contributed by atoms with van der Waals surface area (Å²) in [6.45, 7) is 5.64. The monoisotopic (exact) mass is 287 g/mol. The summed E-state index contributed by atoms with van der Waals surface area (Å²) in [5.74, 6) is 1.70. The van der Waals surface area contributed by atoms with E-state index in [4.69, 9.17) is 4.74 Å². The lowest BCUT2D eigenvalue weighted by Gasteiger charge is -2.31. The number of nitrogens with one attached hydrogen (secondary N) is 1. The Hall–Kier alpha value is -1.79. The molecule has 2 aromatic heterocycles. The third kappa shape index (κ3) is 3.65. The van der Waals surface area contributed by atoms with Crippen LogP contribution in [0.15, 0.2) is 24.5 Å². The Morgan fingerprint density at radius 3 is 3.00 bits per heavy atom. The first-order valence-electron chi connectivity index (χ1n) is 7.49. The standard InChI is InChI=1S/C15H21N5O/c1-2-14-17-15(19-18-14)13-11-20(9-10-21-13)8-5-12-3-6-16-7-4-12/h3-4,6-7,13H,2,5,8-11H2,1H3,(H,17,18,19). The SMILES string of the molecule is CCc1nc(C2CN(CCc3ccncc3)CCO2)n[nH]1. The van der Waals surface area contributed by atoms with Gasteiger partial charge in [-0.1, -0.05) is 6.92 Å². The summed E-state index contributed by atoms with van der Waals surface area (Å²) in [6, 6.07) is 4.14. The summed E-state index contributed by atoms with van der Waals surface area (Å²) in [4.78, 5) is 10.9. The third-order valence-electron chi connectivity index (χ3n) is 3.79. The van der Waals surface area contributed by atoms with Crippen molar-refractivity contribution in [3.8, 4) is 0 Å². The van der Waals surface area contributed by atoms with Gasteiger partial charge in [0.1, 0.15) is 11.9 Å². The number of hydrogen-bond acceptors (Lipinski definition) is 5. The Morgan fingerprint density at radius 2 is 2.24 bits per heavy atom. The van der Waals surface area contributed by atoms with E-state index in [1.165, 1.54) is 5.56 Å². The maximum Gasteiger partial charge on any atom is 0.180 e. The first-order valence-corrected chi connectivity index (χ1v) is 7.49. The van der Waals surface area contributed by atoms with Crippen molar-refractivity contribution in [2.75, 3.05) is 26.2 Å². The van der Waals surface area contributed by atoms with Gasteiger partial charge < -0.3 is 4.74 Å². The Morgan fingerprint density at radius 1 is 1.38 bits per heavy atom. The summed E-state index contributed by atoms with van der Waals surface area (Å²) in [5.41, 5.74) is 1.32. The van der Waals surface area contributed by atoms with Crippen LogP contribution >= 0.6 is 0 Å². The number of H-pyrrole nitrogens is 1. The van der Waals surface area contributed by atoms with Crippen LogP contribution in [0.4, 0.5) is 0 Å². The van der Waals surface area contributed by atoms with Gasteiger partial charge in [-0.15, -0.1) is 0 Å². The van der Waals surface area contributed by atoms with Gasteiger partial charge in [-0.25, -0.2) is 4.98 Å². The lowest BCUT2D eigenvalue weighted by molar-refractivity contribution is -0.0337. The van der Waals surface area contributed by atoms with Gasteiger partial charge in [-0.2, -0.15) is 5.10 Å². The van der Waals surface area contributed by atoms with E-state index in [-0.39, 0.29) is 6.10 Å². The number of pyridine rings is 1. The van der Waals surface area contributed by atoms with Gasteiger partial charge in [0, 0.05) is 38.4 Å². The van der Waals surface area contributed by atoms with Crippen molar-refractivity contribution in [3.05, 3.63) is 41.7 Å². The normalized spacial score (nSPS) is 19.8. The highest BCUT2D eigenvalue weighted by Gasteiger charge is 2.24. The minimum absolute atomic E-state index is 0.0206. The molecule has 1 saturated heterocycles. The number of hydrogen-bond donors (Lipinski definition) is 1. The van der Waals surface area contributed by atoms with E-state index in [2.05, 4.69) is 44.1 Å². The predicted molar refractivity (Wildman–Crippen MR) is 78.8 cm³/mol. The Balaban J connectivity index is 1.55. The van der Waals surface area contributed by atoms with Gasteiger partial charge >= 0.3 is 0 Å². The molecule has 0 aromatic carbocycles. The molecule has 112 valence electrons. The van der Waals surface area contributed by atoms with Crippen molar-refractivity contribution in [2.45, 2.75) is 25.9 Å². The van der Waals surface area contributed by atoms with Crippen LogP contribution in [0.1, 0.15) is 30.2 Å². The maximum absolute atomic E-state index is 5.81. The first kappa shape index (κ1) is 14.2. The van der Waals surface area contributed by atoms with Crippen molar-refractivity contribution < 1.29 is 4.74 Å². The molecular weight excluding hydrogens is 266 g/mol. The molecule has 0 spiro atoms. The van der Waals surface area contributed by atoms with Crippen LogP contribution in [-0.4, -0.2) is 51.3 Å². The van der Waals surface area contributed by atoms with Gasteiger partial charge in [0.05, 0.1) is 6.61 Å². The van der Waals surface area contributed by atoms with Crippen molar-refractivity contribution in [2.24, 2.45) is 0 Å². The van der Waals surface area contributed by atoms with E-state index in [1.807, 2.05) is 12.4 Å². The van der Waals surface area contributed by atoms with Crippen LogP contribution in [0, 0.1) is 0 Å². The van der Waals surface area contributed by atoms with E-state index in [1.54, 1.807) is 0 Å². The van der Waals surface area contributed by atoms with Gasteiger partial charge in [-0.05, 0) is 24.1 Å². The molecule has 0 amide bonds. The summed E-state index contributed by atoms with van der Waals surface area (Å²) in [5, 5.41) is 7.23. The molecule has 6 nitrogen and oxygen atoms in total. The quantitative estimate of drug-likeness (QED) is 0.900. The smallest absolute Gasteiger partial charge is 0.180 e. The van der Waals surface area contributed by atoms with E-state index < -0.39 is 0 Å². The van der Waals surface area contributed by atoms with Gasteiger partial charge in [0.25, 0.3) is 0 Å². The molecule has 6 heteroatoms. The van der Waals surface area contributed by atoms with E-state index >= 15 is 0 Å². The second kappa shape index (κ2) is 6.78. The molecule has 0 radical (unpaired) electrons. The van der Waals surface area contributed by atoms with Crippen LogP contribution in [-0.2, 0) is 17.6 Å². The van der Waals surface area contributed by atoms with Gasteiger partial charge in [0.15, 0.2) is 5.82 Å². The zero-order valence-corrected chi connectivity index (χ0v) is 12.3. The molecule has 1 atom stereocenters. The molecule has 1 N–H and O–H groups in total. The summed E-state index contributed by atoms with van der Waals surface area (Å²) in [7, 11) is 0. The largest absolute Gasteiger partial charge is 0.367 e. The second-order valence-electron chi connectivity index (χ2n) is 5.26. The molecule has 0 aliphatic carbocycles. The van der Waals surface area contributed by atoms with Crippen molar-refractivity contribution >= 4 is 0 Å². The van der Waals surface area contributed by atoms with E-state index in [9.17, 15) is 0 Å². The minimum atomic E-state index is -0.0206. The fourth-order valence-corrected chi connectivity index (χ4v) is 2.51. The third-order valence-corrected chi connectivity index (χ3v) is 3.79. The van der Waals surface area contributed by atoms with Crippen molar-refractivity contribution in [1.29, 1.82) is 0 Å². The Kier molecular flexibility index (Phi) is 4.57. The topological polar surface area (TPSA) is 66.9 Å². The van der Waals surface area contributed by atoms with Crippen molar-refractivity contribution in [1.82, 2.24) is 25.1 Å². The number of morpholine rings is 1. The molecule has 0 bridgehead atoms. The van der Waals surface area contributed by atoms with Crippen LogP contribution in [0.2, 0.25) is 0 Å². The molecule has 1 aliphatic heterocycles. The molecule has 3 rings (SSSR count). The fraction of sp³-hybridized carbons (Fsp3) is 0.533. The highest BCUT2D eigenvalue weighted by Crippen LogP contribution is 2.19. The first-order chi connectivity index (χ1) is 10.3. The predicted octanol–water partition coefficient (Wildman–Crippen LogP) is 1.38. The average Bonchev–Trinajstić information content (AvgIpc) is 3.03. The van der Waals surface area contributed by atoms with Gasteiger partial charge in [0.2, 0.25) is 0 Å².